The number of phenols is 1. The van der Waals surface area contributed by atoms with Crippen molar-refractivity contribution in [3.05, 3.63) is 57.2 Å². The van der Waals surface area contributed by atoms with Crippen LogP contribution < -0.4 is 0 Å². The first-order valence-corrected chi connectivity index (χ1v) is 10.8. The Hall–Kier alpha value is -1.36. The predicted octanol–water partition coefficient (Wildman–Crippen LogP) is 6.22. The van der Waals surface area contributed by atoms with Crippen molar-refractivity contribution in [3.8, 4) is 5.75 Å². The summed E-state index contributed by atoms with van der Waals surface area (Å²) in [5.74, 6) is 3.27. The molecular formula is C23H24INO. The zero-order valence-corrected chi connectivity index (χ0v) is 17.0. The molecule has 4 aliphatic rings. The molecule has 2 aromatic rings. The number of aliphatic imine (C=N–C) groups is 1. The SMILES string of the molecule is Oc1ccc(C=Nc2ccc(C34CC5CC(CC(C5)C3)C4)cc2)cc1I. The number of hydrogen-bond acceptors (Lipinski definition) is 2. The monoisotopic (exact) mass is 457 g/mol. The molecule has 4 bridgehead atoms. The summed E-state index contributed by atoms with van der Waals surface area (Å²) < 4.78 is 0.851. The van der Waals surface area contributed by atoms with Gasteiger partial charge in [0, 0.05) is 6.21 Å². The van der Waals surface area contributed by atoms with Gasteiger partial charge in [-0.15, -0.1) is 0 Å². The molecule has 3 heteroatoms. The maximum atomic E-state index is 9.62. The van der Waals surface area contributed by atoms with Gasteiger partial charge in [0.1, 0.15) is 5.75 Å². The molecule has 0 saturated heterocycles. The molecule has 4 aliphatic carbocycles. The van der Waals surface area contributed by atoms with Crippen LogP contribution in [0.5, 0.6) is 5.75 Å². The molecule has 0 radical (unpaired) electrons. The lowest BCUT2D eigenvalue weighted by atomic mass is 9.48. The summed E-state index contributed by atoms with van der Waals surface area (Å²) in [6.07, 6.45) is 10.6. The Morgan fingerprint density at radius 1 is 0.923 bits per heavy atom. The highest BCUT2D eigenvalue weighted by Gasteiger charge is 2.51. The number of hydrogen-bond donors (Lipinski definition) is 1. The van der Waals surface area contributed by atoms with E-state index in [1.54, 1.807) is 11.6 Å². The van der Waals surface area contributed by atoms with Crippen LogP contribution in [0.2, 0.25) is 0 Å². The van der Waals surface area contributed by atoms with Gasteiger partial charge in [0.05, 0.1) is 9.26 Å². The number of rotatable bonds is 3. The second-order valence-corrected chi connectivity index (χ2v) is 9.88. The van der Waals surface area contributed by atoms with E-state index in [9.17, 15) is 5.11 Å². The first kappa shape index (κ1) is 16.8. The average Bonchev–Trinajstić information content (AvgIpc) is 2.62. The van der Waals surface area contributed by atoms with E-state index in [4.69, 9.17) is 0 Å². The normalized spacial score (nSPS) is 32.4. The lowest BCUT2D eigenvalue weighted by molar-refractivity contribution is -0.00518. The van der Waals surface area contributed by atoms with Gasteiger partial charge in [-0.1, -0.05) is 12.1 Å². The predicted molar refractivity (Wildman–Crippen MR) is 114 cm³/mol. The average molecular weight is 457 g/mol. The van der Waals surface area contributed by atoms with Crippen molar-refractivity contribution in [1.82, 2.24) is 0 Å². The maximum Gasteiger partial charge on any atom is 0.128 e. The van der Waals surface area contributed by atoms with E-state index >= 15 is 0 Å². The first-order valence-electron chi connectivity index (χ1n) is 9.73. The second kappa shape index (κ2) is 6.36. The zero-order valence-electron chi connectivity index (χ0n) is 14.9. The molecule has 6 rings (SSSR count). The molecule has 4 saturated carbocycles. The van der Waals surface area contributed by atoms with E-state index in [1.165, 1.54) is 38.5 Å². The van der Waals surface area contributed by atoms with E-state index in [-0.39, 0.29) is 0 Å². The molecule has 0 aromatic heterocycles. The second-order valence-electron chi connectivity index (χ2n) is 8.71. The molecular weight excluding hydrogens is 433 g/mol. The van der Waals surface area contributed by atoms with Gasteiger partial charge in [-0.25, -0.2) is 0 Å². The topological polar surface area (TPSA) is 32.6 Å². The Bertz CT molecular complexity index is 820. The summed E-state index contributed by atoms with van der Waals surface area (Å²) in [4.78, 5) is 4.62. The van der Waals surface area contributed by atoms with Crippen LogP contribution in [0, 0.1) is 21.3 Å². The molecule has 26 heavy (non-hydrogen) atoms. The maximum absolute atomic E-state index is 9.62. The van der Waals surface area contributed by atoms with Crippen molar-refractivity contribution >= 4 is 34.5 Å². The Labute approximate surface area is 168 Å². The van der Waals surface area contributed by atoms with Crippen LogP contribution in [0.4, 0.5) is 5.69 Å². The number of halogens is 1. The van der Waals surface area contributed by atoms with Crippen LogP contribution in [0.1, 0.15) is 49.7 Å². The van der Waals surface area contributed by atoms with Gasteiger partial charge in [-0.05, 0) is 126 Å². The molecule has 1 N–H and O–H groups in total. The van der Waals surface area contributed by atoms with Crippen LogP contribution >= 0.6 is 22.6 Å². The van der Waals surface area contributed by atoms with Crippen LogP contribution in [-0.2, 0) is 5.41 Å². The number of phenolic OH excluding ortho intramolecular Hbond substituents is 1. The van der Waals surface area contributed by atoms with Gasteiger partial charge in [0.15, 0.2) is 0 Å². The smallest absolute Gasteiger partial charge is 0.128 e. The Morgan fingerprint density at radius 3 is 2.12 bits per heavy atom. The summed E-state index contributed by atoms with van der Waals surface area (Å²) in [6, 6.07) is 14.6. The van der Waals surface area contributed by atoms with Gasteiger partial charge in [-0.3, -0.25) is 4.99 Å². The van der Waals surface area contributed by atoms with Gasteiger partial charge in [-0.2, -0.15) is 0 Å². The van der Waals surface area contributed by atoms with Crippen LogP contribution in [0.3, 0.4) is 0 Å². The lowest BCUT2D eigenvalue weighted by Gasteiger charge is -2.57. The summed E-state index contributed by atoms with van der Waals surface area (Å²) >= 11 is 2.14. The zero-order chi connectivity index (χ0) is 17.7. The van der Waals surface area contributed by atoms with E-state index in [1.807, 2.05) is 18.3 Å². The van der Waals surface area contributed by atoms with Crippen molar-refractivity contribution in [1.29, 1.82) is 0 Å². The highest BCUT2D eigenvalue weighted by molar-refractivity contribution is 14.1. The summed E-state index contributed by atoms with van der Waals surface area (Å²) in [7, 11) is 0. The highest BCUT2D eigenvalue weighted by atomic mass is 127. The minimum atomic E-state index is 0.322. The van der Waals surface area contributed by atoms with Crippen molar-refractivity contribution < 1.29 is 5.11 Å². The molecule has 134 valence electrons. The van der Waals surface area contributed by atoms with Gasteiger partial charge >= 0.3 is 0 Å². The van der Waals surface area contributed by atoms with Crippen LogP contribution in [0.25, 0.3) is 0 Å². The summed E-state index contributed by atoms with van der Waals surface area (Å²) in [5, 5.41) is 9.62. The molecule has 2 aromatic carbocycles. The number of nitrogens with zero attached hydrogens (tertiary/aromatic N) is 1. The quantitative estimate of drug-likeness (QED) is 0.431. The molecule has 0 spiro atoms. The van der Waals surface area contributed by atoms with Crippen molar-refractivity contribution in [2.24, 2.45) is 22.7 Å². The molecule has 0 heterocycles. The fourth-order valence-corrected chi connectivity index (χ4v) is 6.66. The Morgan fingerprint density at radius 2 is 1.54 bits per heavy atom. The largest absolute Gasteiger partial charge is 0.507 e. The van der Waals surface area contributed by atoms with E-state index in [2.05, 4.69) is 51.8 Å². The fourth-order valence-electron chi connectivity index (χ4n) is 6.12. The van der Waals surface area contributed by atoms with Gasteiger partial charge in [0.2, 0.25) is 0 Å². The minimum absolute atomic E-state index is 0.322. The molecule has 2 nitrogen and oxygen atoms in total. The van der Waals surface area contributed by atoms with Crippen molar-refractivity contribution in [3.63, 3.8) is 0 Å². The van der Waals surface area contributed by atoms with E-state index < -0.39 is 0 Å². The number of benzene rings is 2. The minimum Gasteiger partial charge on any atom is -0.507 e. The lowest BCUT2D eigenvalue weighted by Crippen LogP contribution is -2.48. The molecule has 0 aliphatic heterocycles. The molecule has 0 unspecified atom stereocenters. The third-order valence-electron chi connectivity index (χ3n) is 6.85. The molecule has 4 fully saturated rings. The Kier molecular flexibility index (Phi) is 4.11. The van der Waals surface area contributed by atoms with E-state index in [0.29, 0.717) is 11.2 Å². The fraction of sp³-hybridized carbons (Fsp3) is 0.435. The summed E-state index contributed by atoms with van der Waals surface area (Å²) in [6.45, 7) is 0. The van der Waals surface area contributed by atoms with Crippen molar-refractivity contribution in [2.75, 3.05) is 0 Å². The van der Waals surface area contributed by atoms with Gasteiger partial charge < -0.3 is 5.11 Å². The highest BCUT2D eigenvalue weighted by Crippen LogP contribution is 2.60. The van der Waals surface area contributed by atoms with Crippen molar-refractivity contribution in [2.45, 2.75) is 43.9 Å². The standard InChI is InChI=1S/C23H24INO/c24-21-10-15(1-6-22(21)26)14-25-20-4-2-19(3-5-20)23-11-16-7-17(12-23)9-18(8-16)13-23/h1-6,10,14,16-18,26H,7-9,11-13H2. The molecule has 0 atom stereocenters. The van der Waals surface area contributed by atoms with Gasteiger partial charge in [0.25, 0.3) is 0 Å². The van der Waals surface area contributed by atoms with Crippen LogP contribution in [-0.4, -0.2) is 11.3 Å². The summed E-state index contributed by atoms with van der Waals surface area (Å²) in [5.41, 5.74) is 4.03. The Balaban J connectivity index is 1.36. The third-order valence-corrected chi connectivity index (χ3v) is 7.72. The molecule has 0 amide bonds. The third kappa shape index (κ3) is 2.98. The van der Waals surface area contributed by atoms with Crippen LogP contribution in [0.15, 0.2) is 47.5 Å². The van der Waals surface area contributed by atoms with E-state index in [0.717, 1.165) is 32.6 Å². The number of aromatic hydroxyl groups is 1. The first-order chi connectivity index (χ1) is 12.6.